The molecule has 0 radical (unpaired) electrons. The van der Waals surface area contributed by atoms with Gasteiger partial charge in [0.2, 0.25) is 11.8 Å². The third-order valence-corrected chi connectivity index (χ3v) is 2.97. The molecule has 0 fully saturated rings. The lowest BCUT2D eigenvalue weighted by atomic mass is 10.3. The van der Waals surface area contributed by atoms with E-state index in [0.29, 0.717) is 0 Å². The summed E-state index contributed by atoms with van der Waals surface area (Å²) in [5.74, 6) is -4.68. The van der Waals surface area contributed by atoms with Gasteiger partial charge in [-0.1, -0.05) is 0 Å². The molecule has 0 aromatic rings. The summed E-state index contributed by atoms with van der Waals surface area (Å²) in [5.41, 5.74) is 0. The van der Waals surface area contributed by atoms with Crippen molar-refractivity contribution < 1.29 is 35.5 Å². The standard InChI is InChI=1S/C6H12N2O8S2/c1-7-6(10)4(2-17(11,12)13)8-5(9)3-18(14,15)16/h4H,2-3H2,1H3,(H,7,10)(H,8,9)(H,11,12,13)(H,14,15,16). The monoisotopic (exact) mass is 304 g/mol. The summed E-state index contributed by atoms with van der Waals surface area (Å²) in [6.07, 6.45) is 0. The highest BCUT2D eigenvalue weighted by molar-refractivity contribution is 7.86. The number of carbonyl (C=O) groups excluding carboxylic acids is 2. The molecule has 12 heteroatoms. The molecule has 0 heterocycles. The van der Waals surface area contributed by atoms with Crippen LogP contribution in [0.25, 0.3) is 0 Å². The Labute approximate surface area is 103 Å². The third-order valence-electron chi connectivity index (χ3n) is 1.59. The van der Waals surface area contributed by atoms with Crippen LogP contribution in [0.5, 0.6) is 0 Å². The molecule has 0 saturated heterocycles. The first-order valence-corrected chi connectivity index (χ1v) is 7.57. The van der Waals surface area contributed by atoms with Crippen molar-refractivity contribution in [2.75, 3.05) is 18.6 Å². The summed E-state index contributed by atoms with van der Waals surface area (Å²) in [4.78, 5) is 22.2. The molecule has 1 atom stereocenters. The van der Waals surface area contributed by atoms with Gasteiger partial charge in [0.05, 0.1) is 0 Å². The zero-order chi connectivity index (χ0) is 14.6. The van der Waals surface area contributed by atoms with Crippen LogP contribution in [0.4, 0.5) is 0 Å². The Bertz CT molecular complexity index is 522. The van der Waals surface area contributed by atoms with E-state index in [1.807, 2.05) is 5.32 Å². The number of hydrogen-bond acceptors (Lipinski definition) is 6. The average molecular weight is 304 g/mol. The van der Waals surface area contributed by atoms with Crippen molar-refractivity contribution in [1.29, 1.82) is 0 Å². The maximum atomic E-state index is 11.2. The van der Waals surface area contributed by atoms with Gasteiger partial charge in [-0.15, -0.1) is 0 Å². The summed E-state index contributed by atoms with van der Waals surface area (Å²) in [7, 11) is -8.01. The second kappa shape index (κ2) is 6.08. The topological polar surface area (TPSA) is 167 Å². The Balaban J connectivity index is 4.81. The maximum Gasteiger partial charge on any atom is 0.274 e. The Hall–Kier alpha value is -1.24. The van der Waals surface area contributed by atoms with E-state index in [2.05, 4.69) is 0 Å². The lowest BCUT2D eigenvalue weighted by molar-refractivity contribution is -0.127. The summed E-state index contributed by atoms with van der Waals surface area (Å²) in [6, 6.07) is -1.67. The minimum atomic E-state index is -4.60. The van der Waals surface area contributed by atoms with E-state index < -0.39 is 49.6 Å². The summed E-state index contributed by atoms with van der Waals surface area (Å²) in [5, 5.41) is 3.77. The summed E-state index contributed by atoms with van der Waals surface area (Å²) < 4.78 is 58.8. The van der Waals surface area contributed by atoms with Gasteiger partial charge in [0.25, 0.3) is 20.2 Å². The van der Waals surface area contributed by atoms with Crippen LogP contribution >= 0.6 is 0 Å². The summed E-state index contributed by atoms with van der Waals surface area (Å²) >= 11 is 0. The maximum absolute atomic E-state index is 11.2. The first kappa shape index (κ1) is 16.8. The number of rotatable bonds is 6. The van der Waals surface area contributed by atoms with Gasteiger partial charge in [-0.2, -0.15) is 16.8 Å². The molecule has 0 rings (SSSR count). The quantitative estimate of drug-likeness (QED) is 0.376. The number of likely N-dealkylation sites (N-methyl/N-ethyl adjacent to an activating group) is 1. The fraction of sp³-hybridized carbons (Fsp3) is 0.667. The molecule has 0 aliphatic heterocycles. The van der Waals surface area contributed by atoms with Gasteiger partial charge in [0, 0.05) is 7.05 Å². The highest BCUT2D eigenvalue weighted by Gasteiger charge is 2.26. The van der Waals surface area contributed by atoms with E-state index in [1.54, 1.807) is 5.32 Å². The largest absolute Gasteiger partial charge is 0.357 e. The molecule has 0 saturated carbocycles. The highest BCUT2D eigenvalue weighted by atomic mass is 32.2. The minimum absolute atomic E-state index is 0.948. The van der Waals surface area contributed by atoms with Crippen molar-refractivity contribution in [2.45, 2.75) is 6.04 Å². The van der Waals surface area contributed by atoms with E-state index in [4.69, 9.17) is 9.11 Å². The molecule has 10 nitrogen and oxygen atoms in total. The van der Waals surface area contributed by atoms with Crippen molar-refractivity contribution in [3.63, 3.8) is 0 Å². The molecule has 2 amide bonds. The molecule has 0 aromatic heterocycles. The zero-order valence-corrected chi connectivity index (χ0v) is 10.8. The first-order chi connectivity index (χ1) is 7.94. The molecule has 1 unspecified atom stereocenters. The van der Waals surface area contributed by atoms with Crippen LogP contribution in [-0.4, -0.2) is 62.4 Å². The molecule has 0 bridgehead atoms. The predicted molar refractivity (Wildman–Crippen MR) is 58.8 cm³/mol. The lowest BCUT2D eigenvalue weighted by Gasteiger charge is -2.15. The highest BCUT2D eigenvalue weighted by Crippen LogP contribution is 1.93. The normalized spacial score (nSPS) is 13.7. The van der Waals surface area contributed by atoms with E-state index >= 15 is 0 Å². The van der Waals surface area contributed by atoms with Crippen LogP contribution in [-0.2, 0) is 29.8 Å². The van der Waals surface area contributed by atoms with Crippen LogP contribution in [0.15, 0.2) is 0 Å². The van der Waals surface area contributed by atoms with Crippen LogP contribution in [0, 0.1) is 0 Å². The first-order valence-electron chi connectivity index (χ1n) is 4.36. The Morgan fingerprint density at radius 1 is 1.11 bits per heavy atom. The number of hydrogen-bond donors (Lipinski definition) is 4. The van der Waals surface area contributed by atoms with Gasteiger partial charge >= 0.3 is 0 Å². The molecule has 4 N–H and O–H groups in total. The zero-order valence-electron chi connectivity index (χ0n) is 9.15. The van der Waals surface area contributed by atoms with Crippen molar-refractivity contribution in [1.82, 2.24) is 10.6 Å². The van der Waals surface area contributed by atoms with Gasteiger partial charge in [0.1, 0.15) is 11.8 Å². The van der Waals surface area contributed by atoms with Crippen molar-refractivity contribution in [2.24, 2.45) is 0 Å². The SMILES string of the molecule is CNC(=O)C(CS(=O)(=O)O)NC(=O)CS(=O)(=O)O. The molecule has 0 aliphatic rings. The average Bonchev–Trinajstić information content (AvgIpc) is 2.10. The number of carbonyl (C=O) groups is 2. The molecule has 18 heavy (non-hydrogen) atoms. The van der Waals surface area contributed by atoms with Crippen LogP contribution < -0.4 is 10.6 Å². The smallest absolute Gasteiger partial charge is 0.274 e. The van der Waals surface area contributed by atoms with Crippen molar-refractivity contribution in [3.8, 4) is 0 Å². The van der Waals surface area contributed by atoms with Crippen molar-refractivity contribution in [3.05, 3.63) is 0 Å². The fourth-order valence-corrected chi connectivity index (χ4v) is 2.04. The molecule has 106 valence electrons. The van der Waals surface area contributed by atoms with E-state index in [-0.39, 0.29) is 0 Å². The predicted octanol–water partition coefficient (Wildman–Crippen LogP) is -3.01. The van der Waals surface area contributed by atoms with Gasteiger partial charge in [-0.25, -0.2) is 0 Å². The third kappa shape index (κ3) is 7.94. The second-order valence-electron chi connectivity index (χ2n) is 3.21. The Morgan fingerprint density at radius 3 is 1.94 bits per heavy atom. The fourth-order valence-electron chi connectivity index (χ4n) is 0.969. The van der Waals surface area contributed by atoms with Gasteiger partial charge < -0.3 is 10.6 Å². The van der Waals surface area contributed by atoms with E-state index in [0.717, 1.165) is 7.05 Å². The van der Waals surface area contributed by atoms with E-state index in [9.17, 15) is 26.4 Å². The Kier molecular flexibility index (Phi) is 5.66. The van der Waals surface area contributed by atoms with Gasteiger partial charge in [0.15, 0.2) is 5.75 Å². The number of nitrogens with one attached hydrogen (secondary N) is 2. The molecular formula is C6H12N2O8S2. The van der Waals surface area contributed by atoms with Gasteiger partial charge in [-0.05, 0) is 0 Å². The Morgan fingerprint density at radius 2 is 1.61 bits per heavy atom. The van der Waals surface area contributed by atoms with Crippen LogP contribution in [0.2, 0.25) is 0 Å². The second-order valence-corrected chi connectivity index (χ2v) is 6.16. The molecule has 0 aliphatic carbocycles. The van der Waals surface area contributed by atoms with Crippen molar-refractivity contribution >= 4 is 32.1 Å². The van der Waals surface area contributed by atoms with E-state index in [1.165, 1.54) is 0 Å². The lowest BCUT2D eigenvalue weighted by Crippen LogP contribution is -2.50. The minimum Gasteiger partial charge on any atom is -0.357 e. The number of amides is 2. The molecule has 0 spiro atoms. The van der Waals surface area contributed by atoms with Crippen LogP contribution in [0.3, 0.4) is 0 Å². The van der Waals surface area contributed by atoms with Gasteiger partial charge in [-0.3, -0.25) is 18.7 Å². The van der Waals surface area contributed by atoms with Crippen LogP contribution in [0.1, 0.15) is 0 Å². The molecule has 0 aromatic carbocycles. The summed E-state index contributed by atoms with van der Waals surface area (Å²) in [6.45, 7) is 0. The molecular weight excluding hydrogens is 292 g/mol.